The molecule has 2 N–H and O–H groups in total. The average molecular weight is 378 g/mol. The third-order valence-electron chi connectivity index (χ3n) is 4.94. The molecule has 0 aliphatic heterocycles. The maximum Gasteiger partial charge on any atom is 0.193 e. The van der Waals surface area contributed by atoms with E-state index < -0.39 is 0 Å². The van der Waals surface area contributed by atoms with Gasteiger partial charge in [-0.05, 0) is 35.9 Å². The largest absolute Gasteiger partial charge is 0.361 e. The number of nitrogens with zero attached hydrogens (tertiary/aromatic N) is 2. The highest BCUT2D eigenvalue weighted by molar-refractivity contribution is 6.10. The zero-order valence-electron chi connectivity index (χ0n) is 15.6. The fourth-order valence-corrected chi connectivity index (χ4v) is 3.45. The number of aromatic nitrogens is 4. The van der Waals surface area contributed by atoms with Crippen LogP contribution in [0.5, 0.6) is 0 Å². The zero-order valence-corrected chi connectivity index (χ0v) is 15.6. The fraction of sp³-hybridized carbons (Fsp3) is 0.0417. The van der Waals surface area contributed by atoms with Crippen LogP contribution in [0.3, 0.4) is 0 Å². The molecular weight excluding hydrogens is 360 g/mol. The van der Waals surface area contributed by atoms with E-state index in [0.717, 1.165) is 22.3 Å². The topological polar surface area (TPSA) is 74.4 Å². The van der Waals surface area contributed by atoms with Crippen LogP contribution in [0.2, 0.25) is 0 Å². The van der Waals surface area contributed by atoms with Gasteiger partial charge in [0.15, 0.2) is 11.6 Å². The summed E-state index contributed by atoms with van der Waals surface area (Å²) in [5.41, 5.74) is 4.27. The summed E-state index contributed by atoms with van der Waals surface area (Å²) < 4.78 is 0. The number of aromatic amines is 2. The molecule has 140 valence electrons. The second-order valence-electron chi connectivity index (χ2n) is 6.96. The van der Waals surface area contributed by atoms with Gasteiger partial charge in [0.05, 0.1) is 0 Å². The van der Waals surface area contributed by atoms with Gasteiger partial charge in [-0.15, -0.1) is 0 Å². The summed E-state index contributed by atoms with van der Waals surface area (Å²) in [4.78, 5) is 20.7. The van der Waals surface area contributed by atoms with Crippen LogP contribution in [0.1, 0.15) is 27.3 Å². The molecule has 0 saturated carbocycles. The van der Waals surface area contributed by atoms with Crippen LogP contribution in [0.25, 0.3) is 22.3 Å². The number of benzene rings is 3. The third-order valence-corrected chi connectivity index (χ3v) is 4.94. The van der Waals surface area contributed by atoms with Crippen molar-refractivity contribution in [2.45, 2.75) is 6.42 Å². The lowest BCUT2D eigenvalue weighted by atomic mass is 10.00. The number of ketones is 1. The highest BCUT2D eigenvalue weighted by Crippen LogP contribution is 2.21. The quantitative estimate of drug-likeness (QED) is 0.433. The number of carbonyl (C=O) groups is 1. The zero-order chi connectivity index (χ0) is 19.6. The summed E-state index contributed by atoms with van der Waals surface area (Å²) >= 11 is 0. The van der Waals surface area contributed by atoms with Gasteiger partial charge in [-0.3, -0.25) is 9.89 Å². The Morgan fingerprint density at radius 1 is 0.862 bits per heavy atom. The molecule has 5 rings (SSSR count). The van der Waals surface area contributed by atoms with Crippen molar-refractivity contribution in [3.05, 3.63) is 108 Å². The van der Waals surface area contributed by atoms with Gasteiger partial charge < -0.3 is 4.98 Å². The summed E-state index contributed by atoms with van der Waals surface area (Å²) in [5.74, 6) is 1.36. The lowest BCUT2D eigenvalue weighted by Crippen LogP contribution is -2.01. The van der Waals surface area contributed by atoms with Crippen molar-refractivity contribution >= 4 is 16.7 Å². The fourth-order valence-electron chi connectivity index (χ4n) is 3.45. The lowest BCUT2D eigenvalue weighted by Gasteiger charge is -2.03. The van der Waals surface area contributed by atoms with Crippen molar-refractivity contribution in [2.24, 2.45) is 0 Å². The maximum atomic E-state index is 13.0. The molecule has 0 spiro atoms. The first kappa shape index (κ1) is 17.1. The number of hydrogen-bond acceptors (Lipinski definition) is 3. The van der Waals surface area contributed by atoms with E-state index in [1.165, 1.54) is 5.56 Å². The van der Waals surface area contributed by atoms with Crippen LogP contribution < -0.4 is 0 Å². The minimum Gasteiger partial charge on any atom is -0.361 e. The normalized spacial score (nSPS) is 11.0. The minimum atomic E-state index is -0.0185. The Balaban J connectivity index is 1.41. The van der Waals surface area contributed by atoms with Crippen molar-refractivity contribution in [1.82, 2.24) is 20.2 Å². The first-order chi connectivity index (χ1) is 14.3. The molecule has 0 bridgehead atoms. The van der Waals surface area contributed by atoms with Crippen LogP contribution in [0.4, 0.5) is 0 Å². The van der Waals surface area contributed by atoms with Crippen molar-refractivity contribution in [2.75, 3.05) is 0 Å². The van der Waals surface area contributed by atoms with Crippen molar-refractivity contribution in [1.29, 1.82) is 0 Å². The molecule has 29 heavy (non-hydrogen) atoms. The van der Waals surface area contributed by atoms with Crippen molar-refractivity contribution in [3.63, 3.8) is 0 Å². The second-order valence-corrected chi connectivity index (χ2v) is 6.96. The molecule has 0 aliphatic carbocycles. The Kier molecular flexibility index (Phi) is 4.26. The third kappa shape index (κ3) is 3.46. The molecule has 0 aliphatic rings. The van der Waals surface area contributed by atoms with E-state index in [0.29, 0.717) is 23.4 Å². The SMILES string of the molecule is O=C(c1cccc(-c2n[nH]c(Cc3ccccc3)n2)c1)c1ccc2[nH]ccc2c1. The molecule has 2 aromatic heterocycles. The summed E-state index contributed by atoms with van der Waals surface area (Å²) in [6.45, 7) is 0. The summed E-state index contributed by atoms with van der Waals surface area (Å²) in [5, 5.41) is 8.36. The Morgan fingerprint density at radius 3 is 2.62 bits per heavy atom. The number of fused-ring (bicyclic) bond motifs is 1. The van der Waals surface area contributed by atoms with E-state index >= 15 is 0 Å². The molecule has 5 nitrogen and oxygen atoms in total. The molecule has 0 saturated heterocycles. The molecule has 0 amide bonds. The Labute approximate surface area is 167 Å². The number of nitrogens with one attached hydrogen (secondary N) is 2. The smallest absolute Gasteiger partial charge is 0.193 e. The highest BCUT2D eigenvalue weighted by atomic mass is 16.1. The lowest BCUT2D eigenvalue weighted by molar-refractivity contribution is 0.103. The van der Waals surface area contributed by atoms with Gasteiger partial charge in [-0.2, -0.15) is 5.10 Å². The molecule has 5 aromatic rings. The molecule has 0 atom stereocenters. The number of hydrogen-bond donors (Lipinski definition) is 2. The van der Waals surface area contributed by atoms with Crippen molar-refractivity contribution in [3.8, 4) is 11.4 Å². The molecule has 0 radical (unpaired) electrons. The molecule has 3 aromatic carbocycles. The van der Waals surface area contributed by atoms with E-state index in [4.69, 9.17) is 0 Å². The standard InChI is InChI=1S/C24H18N4O/c29-23(19-9-10-21-17(14-19)11-12-25-21)18-7-4-8-20(15-18)24-26-22(27-28-24)13-16-5-2-1-3-6-16/h1-12,14-15,25H,13H2,(H,26,27,28). The van der Waals surface area contributed by atoms with Crippen LogP contribution in [0.15, 0.2) is 85.1 Å². The maximum absolute atomic E-state index is 13.0. The number of H-pyrrole nitrogens is 2. The Morgan fingerprint density at radius 2 is 1.72 bits per heavy atom. The molecule has 2 heterocycles. The van der Waals surface area contributed by atoms with Gasteiger partial charge in [0.2, 0.25) is 0 Å². The van der Waals surface area contributed by atoms with E-state index in [1.54, 1.807) is 0 Å². The Bertz CT molecular complexity index is 1300. The predicted octanol–water partition coefficient (Wildman–Crippen LogP) is 4.77. The van der Waals surface area contributed by atoms with Gasteiger partial charge in [-0.1, -0.05) is 48.5 Å². The van der Waals surface area contributed by atoms with Gasteiger partial charge in [-0.25, -0.2) is 4.98 Å². The minimum absolute atomic E-state index is 0.0185. The summed E-state index contributed by atoms with van der Waals surface area (Å²) in [7, 11) is 0. The second kappa shape index (κ2) is 7.20. The number of rotatable bonds is 5. The highest BCUT2D eigenvalue weighted by Gasteiger charge is 2.13. The van der Waals surface area contributed by atoms with Crippen molar-refractivity contribution < 1.29 is 4.79 Å². The van der Waals surface area contributed by atoms with Crippen LogP contribution >= 0.6 is 0 Å². The van der Waals surface area contributed by atoms with E-state index in [9.17, 15) is 4.79 Å². The molecule has 0 fully saturated rings. The predicted molar refractivity (Wildman–Crippen MR) is 113 cm³/mol. The van der Waals surface area contributed by atoms with E-state index in [2.05, 4.69) is 32.3 Å². The molecular formula is C24H18N4O. The van der Waals surface area contributed by atoms with Crippen LogP contribution in [0, 0.1) is 0 Å². The molecule has 5 heteroatoms. The first-order valence-corrected chi connectivity index (χ1v) is 9.44. The average Bonchev–Trinajstić information content (AvgIpc) is 3.43. The van der Waals surface area contributed by atoms with E-state index in [1.807, 2.05) is 72.9 Å². The van der Waals surface area contributed by atoms with Gasteiger partial charge in [0, 0.05) is 40.2 Å². The first-order valence-electron chi connectivity index (χ1n) is 9.44. The molecule has 0 unspecified atom stereocenters. The summed E-state index contributed by atoms with van der Waals surface area (Å²) in [6, 6.07) is 25.2. The van der Waals surface area contributed by atoms with Gasteiger partial charge >= 0.3 is 0 Å². The van der Waals surface area contributed by atoms with Crippen LogP contribution in [-0.4, -0.2) is 25.9 Å². The monoisotopic (exact) mass is 378 g/mol. The van der Waals surface area contributed by atoms with Gasteiger partial charge in [0.25, 0.3) is 0 Å². The van der Waals surface area contributed by atoms with Crippen LogP contribution in [-0.2, 0) is 6.42 Å². The summed E-state index contributed by atoms with van der Waals surface area (Å²) in [6.07, 6.45) is 2.55. The Hall–Kier alpha value is -3.99. The van der Waals surface area contributed by atoms with E-state index in [-0.39, 0.29) is 5.78 Å². The van der Waals surface area contributed by atoms with Gasteiger partial charge in [0.1, 0.15) is 5.82 Å². The number of carbonyl (C=O) groups excluding carboxylic acids is 1.